The van der Waals surface area contributed by atoms with Crippen molar-refractivity contribution in [2.45, 2.75) is 46.2 Å². The molecule has 0 spiro atoms. The second-order valence-electron chi connectivity index (χ2n) is 7.16. The van der Waals surface area contributed by atoms with E-state index in [0.29, 0.717) is 23.0 Å². The molecular formula is C19H30ClN3O2. The van der Waals surface area contributed by atoms with E-state index < -0.39 is 6.04 Å². The quantitative estimate of drug-likeness (QED) is 0.741. The molecule has 2 amide bonds. The summed E-state index contributed by atoms with van der Waals surface area (Å²) in [6.07, 6.45) is 0.732. The number of nitrogens with two attached hydrogens (primary N) is 1. The fraction of sp³-hybridized carbons (Fsp3) is 0.579. The SMILES string of the molecule is CC(C)C(N)CCN(C)C(=O)C(NC(=O)c1ccc(Cl)cc1)C(C)C. The molecule has 6 heteroatoms. The van der Waals surface area contributed by atoms with Crippen LogP contribution in [0.3, 0.4) is 0 Å². The highest BCUT2D eigenvalue weighted by Crippen LogP contribution is 2.12. The smallest absolute Gasteiger partial charge is 0.251 e. The molecule has 2 unspecified atom stereocenters. The van der Waals surface area contributed by atoms with Gasteiger partial charge in [0, 0.05) is 30.2 Å². The van der Waals surface area contributed by atoms with Gasteiger partial charge in [-0.2, -0.15) is 0 Å². The molecule has 1 aromatic carbocycles. The van der Waals surface area contributed by atoms with Crippen molar-refractivity contribution in [1.29, 1.82) is 0 Å². The largest absolute Gasteiger partial charge is 0.344 e. The van der Waals surface area contributed by atoms with E-state index in [4.69, 9.17) is 17.3 Å². The maximum atomic E-state index is 12.7. The third-order valence-electron chi connectivity index (χ3n) is 4.36. The first-order valence-corrected chi connectivity index (χ1v) is 9.08. The molecular weight excluding hydrogens is 338 g/mol. The average molecular weight is 368 g/mol. The Balaban J connectivity index is 2.73. The van der Waals surface area contributed by atoms with Crippen LogP contribution in [0.2, 0.25) is 5.02 Å². The maximum Gasteiger partial charge on any atom is 0.251 e. The fourth-order valence-electron chi connectivity index (χ4n) is 2.36. The number of halogens is 1. The molecule has 0 fully saturated rings. The van der Waals surface area contributed by atoms with Gasteiger partial charge in [-0.3, -0.25) is 9.59 Å². The molecule has 140 valence electrons. The van der Waals surface area contributed by atoms with Gasteiger partial charge < -0.3 is 16.0 Å². The minimum Gasteiger partial charge on any atom is -0.344 e. The van der Waals surface area contributed by atoms with Crippen molar-refractivity contribution < 1.29 is 9.59 Å². The van der Waals surface area contributed by atoms with Crippen molar-refractivity contribution in [3.63, 3.8) is 0 Å². The van der Waals surface area contributed by atoms with Crippen molar-refractivity contribution in [2.75, 3.05) is 13.6 Å². The predicted molar refractivity (Wildman–Crippen MR) is 103 cm³/mol. The molecule has 0 aromatic heterocycles. The summed E-state index contributed by atoms with van der Waals surface area (Å²) >= 11 is 5.84. The van der Waals surface area contributed by atoms with Crippen LogP contribution in [-0.4, -0.2) is 42.4 Å². The summed E-state index contributed by atoms with van der Waals surface area (Å²) < 4.78 is 0. The Kier molecular flexibility index (Phi) is 8.39. The zero-order valence-electron chi connectivity index (χ0n) is 15.8. The number of carbonyl (C=O) groups is 2. The molecule has 1 aromatic rings. The number of nitrogens with one attached hydrogen (secondary N) is 1. The first-order chi connectivity index (χ1) is 11.6. The van der Waals surface area contributed by atoms with Crippen molar-refractivity contribution in [2.24, 2.45) is 17.6 Å². The Morgan fingerprint density at radius 1 is 1.12 bits per heavy atom. The molecule has 0 aliphatic heterocycles. The number of hydrogen-bond donors (Lipinski definition) is 2. The van der Waals surface area contributed by atoms with Gasteiger partial charge in [-0.1, -0.05) is 39.3 Å². The fourth-order valence-corrected chi connectivity index (χ4v) is 2.49. The topological polar surface area (TPSA) is 75.4 Å². The highest BCUT2D eigenvalue weighted by atomic mass is 35.5. The van der Waals surface area contributed by atoms with Crippen LogP contribution in [0.25, 0.3) is 0 Å². The monoisotopic (exact) mass is 367 g/mol. The molecule has 0 saturated carbocycles. The van der Waals surface area contributed by atoms with Crippen LogP contribution in [0, 0.1) is 11.8 Å². The first-order valence-electron chi connectivity index (χ1n) is 8.70. The number of nitrogens with zero attached hydrogens (tertiary/aromatic N) is 1. The molecule has 0 heterocycles. The summed E-state index contributed by atoms with van der Waals surface area (Å²) in [6, 6.07) is 6.07. The third-order valence-corrected chi connectivity index (χ3v) is 4.61. The Morgan fingerprint density at radius 2 is 1.68 bits per heavy atom. The van der Waals surface area contributed by atoms with Gasteiger partial charge in [0.1, 0.15) is 6.04 Å². The van der Waals surface area contributed by atoms with Crippen LogP contribution in [-0.2, 0) is 4.79 Å². The van der Waals surface area contributed by atoms with Gasteiger partial charge in [-0.25, -0.2) is 0 Å². The van der Waals surface area contributed by atoms with Crippen LogP contribution < -0.4 is 11.1 Å². The van der Waals surface area contributed by atoms with E-state index in [1.54, 1.807) is 36.2 Å². The summed E-state index contributed by atoms with van der Waals surface area (Å²) in [5, 5.41) is 3.40. The van der Waals surface area contributed by atoms with Gasteiger partial charge in [0.15, 0.2) is 0 Å². The Labute approximate surface area is 155 Å². The zero-order valence-corrected chi connectivity index (χ0v) is 16.5. The molecule has 0 aliphatic rings. The van der Waals surface area contributed by atoms with Gasteiger partial charge in [0.25, 0.3) is 5.91 Å². The van der Waals surface area contributed by atoms with E-state index in [0.717, 1.165) is 6.42 Å². The lowest BCUT2D eigenvalue weighted by Crippen LogP contribution is -2.50. The van der Waals surface area contributed by atoms with E-state index in [1.165, 1.54) is 0 Å². The van der Waals surface area contributed by atoms with Crippen LogP contribution >= 0.6 is 11.6 Å². The number of likely N-dealkylation sites (N-methyl/N-ethyl adjacent to an activating group) is 1. The minimum atomic E-state index is -0.580. The van der Waals surface area contributed by atoms with Crippen molar-refractivity contribution in [1.82, 2.24) is 10.2 Å². The summed E-state index contributed by atoms with van der Waals surface area (Å²) in [6.45, 7) is 8.53. The third kappa shape index (κ3) is 6.67. The number of carbonyl (C=O) groups excluding carboxylic acids is 2. The molecule has 0 radical (unpaired) electrons. The zero-order chi connectivity index (χ0) is 19.1. The van der Waals surface area contributed by atoms with Gasteiger partial charge in [0.2, 0.25) is 5.91 Å². The highest BCUT2D eigenvalue weighted by Gasteiger charge is 2.27. The van der Waals surface area contributed by atoms with E-state index in [-0.39, 0.29) is 23.8 Å². The van der Waals surface area contributed by atoms with Gasteiger partial charge in [0.05, 0.1) is 0 Å². The molecule has 25 heavy (non-hydrogen) atoms. The summed E-state index contributed by atoms with van der Waals surface area (Å²) in [4.78, 5) is 26.8. The number of amides is 2. The van der Waals surface area contributed by atoms with Crippen LogP contribution in [0.1, 0.15) is 44.5 Å². The van der Waals surface area contributed by atoms with Crippen molar-refractivity contribution >= 4 is 23.4 Å². The van der Waals surface area contributed by atoms with Gasteiger partial charge in [-0.15, -0.1) is 0 Å². The number of hydrogen-bond acceptors (Lipinski definition) is 3. The maximum absolute atomic E-state index is 12.7. The Morgan fingerprint density at radius 3 is 2.16 bits per heavy atom. The highest BCUT2D eigenvalue weighted by molar-refractivity contribution is 6.30. The lowest BCUT2D eigenvalue weighted by molar-refractivity contribution is -0.133. The summed E-state index contributed by atoms with van der Waals surface area (Å²) in [7, 11) is 1.75. The standard InChI is InChI=1S/C19H30ClN3O2/c1-12(2)16(21)10-11-23(5)19(25)17(13(3)4)22-18(24)14-6-8-15(20)9-7-14/h6-9,12-13,16-17H,10-11,21H2,1-5H3,(H,22,24). The Hall–Kier alpha value is -1.59. The lowest BCUT2D eigenvalue weighted by Gasteiger charge is -2.28. The number of rotatable bonds is 8. The van der Waals surface area contributed by atoms with Crippen molar-refractivity contribution in [3.8, 4) is 0 Å². The summed E-state index contributed by atoms with van der Waals surface area (Å²) in [5.74, 6) is -0.0387. The van der Waals surface area contributed by atoms with Crippen LogP contribution in [0.15, 0.2) is 24.3 Å². The molecule has 0 saturated heterocycles. The van der Waals surface area contributed by atoms with E-state index in [2.05, 4.69) is 19.2 Å². The molecule has 2 atom stereocenters. The van der Waals surface area contributed by atoms with E-state index >= 15 is 0 Å². The first kappa shape index (κ1) is 21.5. The normalized spacial score (nSPS) is 13.6. The Bertz CT molecular complexity index is 573. The second kappa shape index (κ2) is 9.78. The molecule has 0 aliphatic carbocycles. The average Bonchev–Trinajstić information content (AvgIpc) is 2.56. The molecule has 1 rings (SSSR count). The second-order valence-corrected chi connectivity index (χ2v) is 7.59. The van der Waals surface area contributed by atoms with E-state index in [9.17, 15) is 9.59 Å². The van der Waals surface area contributed by atoms with Gasteiger partial charge in [-0.05, 0) is 42.5 Å². The lowest BCUT2D eigenvalue weighted by atomic mass is 10.00. The van der Waals surface area contributed by atoms with Crippen LogP contribution in [0.5, 0.6) is 0 Å². The number of benzene rings is 1. The minimum absolute atomic E-state index is 0.0232. The molecule has 3 N–H and O–H groups in total. The predicted octanol–water partition coefficient (Wildman–Crippen LogP) is 2.93. The van der Waals surface area contributed by atoms with Crippen molar-refractivity contribution in [3.05, 3.63) is 34.9 Å². The summed E-state index contributed by atoms with van der Waals surface area (Å²) in [5.41, 5.74) is 6.53. The van der Waals surface area contributed by atoms with E-state index in [1.807, 2.05) is 13.8 Å². The van der Waals surface area contributed by atoms with Crippen LogP contribution in [0.4, 0.5) is 0 Å². The molecule has 0 bridgehead atoms. The molecule has 5 nitrogen and oxygen atoms in total. The van der Waals surface area contributed by atoms with Gasteiger partial charge >= 0.3 is 0 Å².